The van der Waals surface area contributed by atoms with Crippen LogP contribution < -0.4 is 5.73 Å². The summed E-state index contributed by atoms with van der Waals surface area (Å²) >= 11 is 11.9. The summed E-state index contributed by atoms with van der Waals surface area (Å²) in [6, 6.07) is 4.46. The first-order chi connectivity index (χ1) is 7.80. The molecule has 0 bridgehead atoms. The number of hydrogen-bond acceptors (Lipinski definition) is 3. The van der Waals surface area contributed by atoms with Crippen molar-refractivity contribution in [3.05, 3.63) is 33.8 Å². The second kappa shape index (κ2) is 5.25. The van der Waals surface area contributed by atoms with Crippen LogP contribution in [-0.2, 0) is 9.53 Å². The van der Waals surface area contributed by atoms with Gasteiger partial charge >= 0.3 is 5.97 Å². The molecule has 0 saturated heterocycles. The van der Waals surface area contributed by atoms with E-state index >= 15 is 0 Å². The van der Waals surface area contributed by atoms with Gasteiger partial charge in [-0.1, -0.05) is 29.3 Å². The average Bonchev–Trinajstić information content (AvgIpc) is 2.27. The van der Waals surface area contributed by atoms with Crippen LogP contribution in [0.1, 0.15) is 25.5 Å². The topological polar surface area (TPSA) is 52.3 Å². The second-order valence-electron chi connectivity index (χ2n) is 4.36. The molecule has 0 spiro atoms. The molecule has 1 aromatic rings. The van der Waals surface area contributed by atoms with Gasteiger partial charge in [-0.25, -0.2) is 0 Å². The summed E-state index contributed by atoms with van der Waals surface area (Å²) in [7, 11) is 1.33. The number of benzene rings is 1. The molecule has 94 valence electrons. The number of carbonyl (C=O) groups excluding carboxylic acids is 1. The molecule has 0 saturated carbocycles. The molecule has 17 heavy (non-hydrogen) atoms. The Kier molecular flexibility index (Phi) is 4.42. The number of esters is 1. The van der Waals surface area contributed by atoms with E-state index in [2.05, 4.69) is 0 Å². The molecule has 0 heterocycles. The lowest BCUT2D eigenvalue weighted by Gasteiger charge is -2.29. The van der Waals surface area contributed by atoms with E-state index < -0.39 is 11.5 Å². The molecule has 5 heteroatoms. The van der Waals surface area contributed by atoms with E-state index in [4.69, 9.17) is 33.7 Å². The van der Waals surface area contributed by atoms with Gasteiger partial charge in [-0.15, -0.1) is 0 Å². The zero-order valence-corrected chi connectivity index (χ0v) is 11.5. The van der Waals surface area contributed by atoms with Crippen LogP contribution in [0.25, 0.3) is 0 Å². The Morgan fingerprint density at radius 3 is 2.47 bits per heavy atom. The zero-order chi connectivity index (χ0) is 13.2. The van der Waals surface area contributed by atoms with Gasteiger partial charge in [-0.2, -0.15) is 0 Å². The Morgan fingerprint density at radius 1 is 1.41 bits per heavy atom. The van der Waals surface area contributed by atoms with E-state index in [1.165, 1.54) is 7.11 Å². The minimum absolute atomic E-state index is 0.379. The standard InChI is InChI=1S/C12H15Cl2NO2/c1-12(2,11(16)17-3)10(15)8-5-4-7(13)6-9(8)14/h4-6,10H,15H2,1-3H3/t10-/m0/s1. The summed E-state index contributed by atoms with van der Waals surface area (Å²) in [6.45, 7) is 3.43. The third-order valence-corrected chi connectivity index (χ3v) is 3.35. The van der Waals surface area contributed by atoms with Crippen LogP contribution in [0.2, 0.25) is 10.0 Å². The van der Waals surface area contributed by atoms with Crippen molar-refractivity contribution in [1.82, 2.24) is 0 Å². The van der Waals surface area contributed by atoms with Gasteiger partial charge in [0.25, 0.3) is 0 Å². The monoisotopic (exact) mass is 275 g/mol. The van der Waals surface area contributed by atoms with Gasteiger partial charge in [0.05, 0.1) is 12.5 Å². The molecule has 1 atom stereocenters. The molecule has 1 aromatic carbocycles. The summed E-state index contributed by atoms with van der Waals surface area (Å²) < 4.78 is 4.73. The van der Waals surface area contributed by atoms with Crippen LogP contribution in [-0.4, -0.2) is 13.1 Å². The summed E-state index contributed by atoms with van der Waals surface area (Å²) in [5.41, 5.74) is 5.89. The molecule has 0 fully saturated rings. The maximum atomic E-state index is 11.7. The maximum Gasteiger partial charge on any atom is 0.313 e. The van der Waals surface area contributed by atoms with E-state index in [1.54, 1.807) is 32.0 Å². The Morgan fingerprint density at radius 2 is 2.00 bits per heavy atom. The van der Waals surface area contributed by atoms with Crippen LogP contribution >= 0.6 is 23.2 Å². The smallest absolute Gasteiger partial charge is 0.313 e. The Bertz CT molecular complexity index is 433. The summed E-state index contributed by atoms with van der Waals surface area (Å²) in [5.74, 6) is -0.379. The molecule has 0 aliphatic carbocycles. The summed E-state index contributed by atoms with van der Waals surface area (Å²) in [4.78, 5) is 11.7. The van der Waals surface area contributed by atoms with Crippen LogP contribution in [0.15, 0.2) is 18.2 Å². The number of carbonyl (C=O) groups is 1. The van der Waals surface area contributed by atoms with Gasteiger partial charge < -0.3 is 10.5 Å². The van der Waals surface area contributed by atoms with Crippen molar-refractivity contribution in [3.63, 3.8) is 0 Å². The lowest BCUT2D eigenvalue weighted by molar-refractivity contribution is -0.152. The van der Waals surface area contributed by atoms with E-state index in [1.807, 2.05) is 0 Å². The molecule has 3 nitrogen and oxygen atoms in total. The predicted molar refractivity (Wildman–Crippen MR) is 69.2 cm³/mol. The lowest BCUT2D eigenvalue weighted by atomic mass is 9.81. The summed E-state index contributed by atoms with van der Waals surface area (Å²) in [6.07, 6.45) is 0. The van der Waals surface area contributed by atoms with E-state index in [0.29, 0.717) is 15.6 Å². The third kappa shape index (κ3) is 2.92. The van der Waals surface area contributed by atoms with Crippen molar-refractivity contribution in [2.45, 2.75) is 19.9 Å². The molecular weight excluding hydrogens is 261 g/mol. The van der Waals surface area contributed by atoms with Crippen molar-refractivity contribution >= 4 is 29.2 Å². The number of nitrogens with two attached hydrogens (primary N) is 1. The number of ether oxygens (including phenoxy) is 1. The normalized spacial score (nSPS) is 13.3. The first-order valence-electron chi connectivity index (χ1n) is 5.09. The van der Waals surface area contributed by atoms with Gasteiger partial charge in [0.2, 0.25) is 0 Å². The summed E-state index contributed by atoms with van der Waals surface area (Å²) in [5, 5.41) is 0.976. The van der Waals surface area contributed by atoms with Gasteiger partial charge in [-0.3, -0.25) is 4.79 Å². The van der Waals surface area contributed by atoms with Crippen molar-refractivity contribution in [3.8, 4) is 0 Å². The molecule has 0 amide bonds. The highest BCUT2D eigenvalue weighted by molar-refractivity contribution is 6.35. The molecule has 0 aliphatic rings. The van der Waals surface area contributed by atoms with Gasteiger partial charge in [0.15, 0.2) is 0 Å². The zero-order valence-electron chi connectivity index (χ0n) is 9.96. The SMILES string of the molecule is COC(=O)C(C)(C)[C@@H](N)c1ccc(Cl)cc1Cl. The van der Waals surface area contributed by atoms with Gasteiger partial charge in [0.1, 0.15) is 0 Å². The minimum atomic E-state index is -0.855. The predicted octanol–water partition coefficient (Wildman–Crippen LogP) is 3.19. The molecule has 0 aromatic heterocycles. The first-order valence-corrected chi connectivity index (χ1v) is 5.85. The fraction of sp³-hybridized carbons (Fsp3) is 0.417. The second-order valence-corrected chi connectivity index (χ2v) is 5.20. The fourth-order valence-electron chi connectivity index (χ4n) is 1.53. The minimum Gasteiger partial charge on any atom is -0.469 e. The van der Waals surface area contributed by atoms with Crippen LogP contribution in [0.5, 0.6) is 0 Å². The van der Waals surface area contributed by atoms with Crippen molar-refractivity contribution in [2.75, 3.05) is 7.11 Å². The number of halogens is 2. The van der Waals surface area contributed by atoms with Crippen molar-refractivity contribution in [2.24, 2.45) is 11.1 Å². The lowest BCUT2D eigenvalue weighted by Crippen LogP contribution is -2.37. The number of hydrogen-bond donors (Lipinski definition) is 1. The van der Waals surface area contributed by atoms with Gasteiger partial charge in [0, 0.05) is 16.1 Å². The Labute approximate surface area is 111 Å². The highest BCUT2D eigenvalue weighted by atomic mass is 35.5. The average molecular weight is 276 g/mol. The molecule has 2 N–H and O–H groups in total. The largest absolute Gasteiger partial charge is 0.469 e. The number of methoxy groups -OCH3 is 1. The van der Waals surface area contributed by atoms with E-state index in [9.17, 15) is 4.79 Å². The Balaban J connectivity index is 3.11. The molecule has 0 unspecified atom stereocenters. The maximum absolute atomic E-state index is 11.7. The van der Waals surface area contributed by atoms with Crippen LogP contribution in [0.4, 0.5) is 0 Å². The van der Waals surface area contributed by atoms with E-state index in [0.717, 1.165) is 0 Å². The first kappa shape index (κ1) is 14.3. The molecule has 1 rings (SSSR count). The van der Waals surface area contributed by atoms with Crippen molar-refractivity contribution < 1.29 is 9.53 Å². The van der Waals surface area contributed by atoms with Crippen LogP contribution in [0, 0.1) is 5.41 Å². The number of rotatable bonds is 3. The third-order valence-electron chi connectivity index (χ3n) is 2.79. The van der Waals surface area contributed by atoms with Crippen LogP contribution in [0.3, 0.4) is 0 Å². The highest BCUT2D eigenvalue weighted by Crippen LogP contribution is 2.36. The highest BCUT2D eigenvalue weighted by Gasteiger charge is 2.37. The molecular formula is C12H15Cl2NO2. The van der Waals surface area contributed by atoms with Crippen molar-refractivity contribution in [1.29, 1.82) is 0 Å². The van der Waals surface area contributed by atoms with E-state index in [-0.39, 0.29) is 5.97 Å². The Hall–Kier alpha value is -0.770. The quantitative estimate of drug-likeness (QED) is 0.862. The molecule has 0 aliphatic heterocycles. The molecule has 0 radical (unpaired) electrons. The fourth-order valence-corrected chi connectivity index (χ4v) is 2.06. The van der Waals surface area contributed by atoms with Gasteiger partial charge in [-0.05, 0) is 31.5 Å².